The van der Waals surface area contributed by atoms with Gasteiger partial charge in [-0.1, -0.05) is 6.08 Å². The molecule has 0 N–H and O–H groups in total. The average molecular weight is 164 g/mol. The van der Waals surface area contributed by atoms with E-state index < -0.39 is 0 Å². The summed E-state index contributed by atoms with van der Waals surface area (Å²) >= 11 is 0. The molecular weight excluding hydrogens is 148 g/mol. The van der Waals surface area contributed by atoms with Crippen LogP contribution in [-0.2, 0) is 4.74 Å². The number of hydrogen-bond acceptors (Lipinski definition) is 1. The maximum absolute atomic E-state index is 5.83. The van der Waals surface area contributed by atoms with Gasteiger partial charge in [-0.3, -0.25) is 0 Å². The van der Waals surface area contributed by atoms with E-state index in [-0.39, 0.29) is 0 Å². The molecule has 1 saturated carbocycles. The van der Waals surface area contributed by atoms with Gasteiger partial charge in [-0.2, -0.15) is 0 Å². The molecule has 0 radical (unpaired) electrons. The average Bonchev–Trinajstić information content (AvgIpc) is 2.59. The first kappa shape index (κ1) is 7.90. The Morgan fingerprint density at radius 2 is 2.00 bits per heavy atom. The zero-order chi connectivity index (χ0) is 8.23. The summed E-state index contributed by atoms with van der Waals surface area (Å²) in [6, 6.07) is 0. The van der Waals surface area contributed by atoms with Crippen LogP contribution in [0.3, 0.4) is 0 Å². The van der Waals surface area contributed by atoms with E-state index in [0.717, 1.165) is 12.2 Å². The molecule has 0 amide bonds. The summed E-state index contributed by atoms with van der Waals surface area (Å²) in [6.07, 6.45) is 14.6. The molecule has 0 spiro atoms. The number of hydrogen-bond donors (Lipinski definition) is 0. The van der Waals surface area contributed by atoms with Crippen molar-refractivity contribution in [3.05, 3.63) is 24.0 Å². The van der Waals surface area contributed by atoms with Gasteiger partial charge in [0, 0.05) is 0 Å². The van der Waals surface area contributed by atoms with E-state index >= 15 is 0 Å². The second kappa shape index (κ2) is 3.79. The molecule has 1 nitrogen and oxygen atoms in total. The van der Waals surface area contributed by atoms with Crippen LogP contribution in [0.2, 0.25) is 0 Å². The molecule has 0 heterocycles. The van der Waals surface area contributed by atoms with Crippen molar-refractivity contribution in [1.29, 1.82) is 0 Å². The highest BCUT2D eigenvalue weighted by Gasteiger charge is 2.16. The Bertz CT molecular complexity index is 197. The molecule has 0 aliphatic heterocycles. The van der Waals surface area contributed by atoms with Crippen LogP contribution in [0.25, 0.3) is 0 Å². The topological polar surface area (TPSA) is 9.23 Å². The van der Waals surface area contributed by atoms with Gasteiger partial charge in [-0.05, 0) is 50.7 Å². The lowest BCUT2D eigenvalue weighted by atomic mass is 10.2. The lowest BCUT2D eigenvalue weighted by molar-refractivity contribution is 0.130. The monoisotopic (exact) mass is 164 g/mol. The van der Waals surface area contributed by atoms with Gasteiger partial charge in [0.15, 0.2) is 0 Å². The Morgan fingerprint density at radius 3 is 2.67 bits per heavy atom. The highest BCUT2D eigenvalue weighted by Crippen LogP contribution is 2.24. The molecule has 1 fully saturated rings. The standard InChI is InChI=1S/C11H16O/c1-2-6-10(7-3-1)12-11-8-4-5-9-11/h2,6-7,11H,1,3-5,8-9H2. The highest BCUT2D eigenvalue weighted by atomic mass is 16.5. The molecule has 0 aromatic heterocycles. The molecule has 0 saturated heterocycles. The van der Waals surface area contributed by atoms with Crippen LogP contribution in [0.5, 0.6) is 0 Å². The van der Waals surface area contributed by atoms with Gasteiger partial charge in [-0.25, -0.2) is 0 Å². The summed E-state index contributed by atoms with van der Waals surface area (Å²) in [5, 5.41) is 0. The summed E-state index contributed by atoms with van der Waals surface area (Å²) in [7, 11) is 0. The fraction of sp³-hybridized carbons (Fsp3) is 0.636. The first-order valence-corrected chi connectivity index (χ1v) is 4.98. The van der Waals surface area contributed by atoms with Crippen molar-refractivity contribution in [2.75, 3.05) is 0 Å². The summed E-state index contributed by atoms with van der Waals surface area (Å²) < 4.78 is 5.83. The fourth-order valence-corrected chi connectivity index (χ4v) is 1.88. The lowest BCUT2D eigenvalue weighted by Crippen LogP contribution is -2.06. The van der Waals surface area contributed by atoms with Crippen molar-refractivity contribution < 1.29 is 4.74 Å². The van der Waals surface area contributed by atoms with Crippen LogP contribution in [0.4, 0.5) is 0 Å². The van der Waals surface area contributed by atoms with Crippen LogP contribution < -0.4 is 0 Å². The van der Waals surface area contributed by atoms with Crippen molar-refractivity contribution in [3.8, 4) is 0 Å². The van der Waals surface area contributed by atoms with Crippen LogP contribution in [0, 0.1) is 0 Å². The Labute approximate surface area is 74.1 Å². The molecule has 0 atom stereocenters. The van der Waals surface area contributed by atoms with Crippen molar-refractivity contribution in [3.63, 3.8) is 0 Å². The van der Waals surface area contributed by atoms with Crippen LogP contribution in [0.1, 0.15) is 38.5 Å². The zero-order valence-corrected chi connectivity index (χ0v) is 7.46. The van der Waals surface area contributed by atoms with E-state index in [1.165, 1.54) is 32.1 Å². The normalized spacial score (nSPS) is 24.2. The minimum atomic E-state index is 0.513. The predicted octanol–water partition coefficient (Wildman–Crippen LogP) is 3.18. The number of ether oxygens (including phenoxy) is 1. The van der Waals surface area contributed by atoms with E-state index in [9.17, 15) is 0 Å². The van der Waals surface area contributed by atoms with E-state index in [0.29, 0.717) is 6.10 Å². The Kier molecular flexibility index (Phi) is 2.50. The Balaban J connectivity index is 1.85. The summed E-state index contributed by atoms with van der Waals surface area (Å²) in [4.78, 5) is 0. The van der Waals surface area contributed by atoms with Gasteiger partial charge in [0.05, 0.1) is 6.10 Å². The molecule has 2 aliphatic rings. The van der Waals surface area contributed by atoms with Gasteiger partial charge in [0.1, 0.15) is 5.76 Å². The maximum atomic E-state index is 5.83. The largest absolute Gasteiger partial charge is 0.491 e. The van der Waals surface area contributed by atoms with Crippen LogP contribution in [-0.4, -0.2) is 6.10 Å². The second-order valence-corrected chi connectivity index (χ2v) is 3.61. The van der Waals surface area contributed by atoms with Gasteiger partial charge in [0.2, 0.25) is 0 Å². The highest BCUT2D eigenvalue weighted by molar-refractivity contribution is 5.16. The van der Waals surface area contributed by atoms with Crippen molar-refractivity contribution >= 4 is 0 Å². The minimum absolute atomic E-state index is 0.513. The van der Waals surface area contributed by atoms with Gasteiger partial charge < -0.3 is 4.74 Å². The fourth-order valence-electron chi connectivity index (χ4n) is 1.88. The summed E-state index contributed by atoms with van der Waals surface area (Å²) in [5.41, 5.74) is 0. The molecule has 0 aromatic carbocycles. The van der Waals surface area contributed by atoms with E-state index in [1.54, 1.807) is 0 Å². The van der Waals surface area contributed by atoms with E-state index in [4.69, 9.17) is 4.74 Å². The van der Waals surface area contributed by atoms with Crippen molar-refractivity contribution in [2.45, 2.75) is 44.6 Å². The predicted molar refractivity (Wildman–Crippen MR) is 49.8 cm³/mol. The Morgan fingerprint density at radius 1 is 1.17 bits per heavy atom. The summed E-state index contributed by atoms with van der Waals surface area (Å²) in [5.74, 6) is 1.10. The van der Waals surface area contributed by atoms with Crippen LogP contribution >= 0.6 is 0 Å². The summed E-state index contributed by atoms with van der Waals surface area (Å²) in [6.45, 7) is 0. The molecular formula is C11H16O. The SMILES string of the molecule is C1=CC(OC2CCCC2)=CCC1. The molecule has 0 unspecified atom stereocenters. The van der Waals surface area contributed by atoms with E-state index in [1.807, 2.05) is 0 Å². The third-order valence-corrected chi connectivity index (χ3v) is 2.57. The minimum Gasteiger partial charge on any atom is -0.491 e. The first-order chi connectivity index (χ1) is 5.95. The molecule has 1 heteroatoms. The number of allylic oxidation sites excluding steroid dienone is 3. The zero-order valence-electron chi connectivity index (χ0n) is 7.46. The molecule has 2 aliphatic carbocycles. The molecule has 66 valence electrons. The van der Waals surface area contributed by atoms with Gasteiger partial charge >= 0.3 is 0 Å². The first-order valence-electron chi connectivity index (χ1n) is 4.98. The lowest BCUT2D eigenvalue weighted by Gasteiger charge is -2.15. The molecule has 0 bridgehead atoms. The van der Waals surface area contributed by atoms with Gasteiger partial charge in [-0.15, -0.1) is 0 Å². The molecule has 0 aromatic rings. The molecule has 12 heavy (non-hydrogen) atoms. The van der Waals surface area contributed by atoms with Crippen molar-refractivity contribution in [1.82, 2.24) is 0 Å². The van der Waals surface area contributed by atoms with Crippen LogP contribution in [0.15, 0.2) is 24.0 Å². The van der Waals surface area contributed by atoms with E-state index in [2.05, 4.69) is 18.2 Å². The molecule has 2 rings (SSSR count). The third-order valence-electron chi connectivity index (χ3n) is 2.57. The maximum Gasteiger partial charge on any atom is 0.115 e. The number of rotatable bonds is 2. The van der Waals surface area contributed by atoms with Crippen molar-refractivity contribution in [2.24, 2.45) is 0 Å². The third kappa shape index (κ3) is 1.90. The quantitative estimate of drug-likeness (QED) is 0.609. The second-order valence-electron chi connectivity index (χ2n) is 3.61. The Hall–Kier alpha value is -0.720. The van der Waals surface area contributed by atoms with Gasteiger partial charge in [0.25, 0.3) is 0 Å². The smallest absolute Gasteiger partial charge is 0.115 e.